The van der Waals surface area contributed by atoms with Crippen molar-refractivity contribution in [3.05, 3.63) is 41.0 Å². The first-order valence-electron chi connectivity index (χ1n) is 12.1. The van der Waals surface area contributed by atoms with E-state index < -0.39 is 42.3 Å². The second-order valence-electron chi connectivity index (χ2n) is 9.29. The van der Waals surface area contributed by atoms with Gasteiger partial charge in [-0.05, 0) is 42.5 Å². The highest BCUT2D eigenvalue weighted by Crippen LogP contribution is 2.31. The molecule has 0 aromatic heterocycles. The molecule has 1 N–H and O–H groups in total. The molecule has 11 heteroatoms. The van der Waals surface area contributed by atoms with E-state index in [0.29, 0.717) is 25.9 Å². The van der Waals surface area contributed by atoms with Gasteiger partial charge in [0.25, 0.3) is 0 Å². The third kappa shape index (κ3) is 5.66. The summed E-state index contributed by atoms with van der Waals surface area (Å²) in [5.41, 5.74) is 3.04. The summed E-state index contributed by atoms with van der Waals surface area (Å²) in [4.78, 5) is 40.6. The quantitative estimate of drug-likeness (QED) is 0.584. The van der Waals surface area contributed by atoms with E-state index in [9.17, 15) is 27.6 Å². The summed E-state index contributed by atoms with van der Waals surface area (Å²) in [6.45, 7) is 0.347. The van der Waals surface area contributed by atoms with E-state index in [4.69, 9.17) is 9.47 Å². The normalized spacial score (nSPS) is 26.6. The summed E-state index contributed by atoms with van der Waals surface area (Å²) in [5.74, 6) is -2.13. The van der Waals surface area contributed by atoms with E-state index in [1.807, 2.05) is 30.4 Å². The number of benzene rings is 1. The van der Waals surface area contributed by atoms with Gasteiger partial charge in [0, 0.05) is 13.0 Å². The fraction of sp³-hybridized carbons (Fsp3) is 0.560. The molecule has 0 radical (unpaired) electrons. The Morgan fingerprint density at radius 2 is 1.97 bits per heavy atom. The van der Waals surface area contributed by atoms with E-state index in [1.54, 1.807) is 0 Å². The summed E-state index contributed by atoms with van der Waals surface area (Å²) in [5, 5.41) is 2.32. The smallest absolute Gasteiger partial charge is 0.412 e. The molecule has 1 aromatic rings. The van der Waals surface area contributed by atoms with Crippen molar-refractivity contribution in [2.45, 2.75) is 69.6 Å². The highest BCUT2D eigenvalue weighted by atomic mass is 19.4. The molecule has 3 heterocycles. The van der Waals surface area contributed by atoms with Crippen molar-refractivity contribution in [1.82, 2.24) is 15.1 Å². The van der Waals surface area contributed by atoms with Crippen LogP contribution in [0.1, 0.15) is 48.8 Å². The van der Waals surface area contributed by atoms with E-state index in [0.717, 1.165) is 41.5 Å². The van der Waals surface area contributed by atoms with Crippen molar-refractivity contribution in [2.75, 3.05) is 20.2 Å². The number of nitrogens with zero attached hydrogens (tertiary/aromatic N) is 2. The molecule has 2 amide bonds. The van der Waals surface area contributed by atoms with E-state index in [2.05, 4.69) is 5.32 Å². The van der Waals surface area contributed by atoms with Crippen LogP contribution in [0.3, 0.4) is 0 Å². The van der Waals surface area contributed by atoms with Crippen LogP contribution in [0, 0.1) is 0 Å². The third-order valence-electron chi connectivity index (χ3n) is 6.83. The highest BCUT2D eigenvalue weighted by Gasteiger charge is 2.51. The SMILES string of the molecule is COC(=O)[C@@H]1C[C@@H]2CN1C(=O)[C@H](C(F)(F)F)NCCCCC/C=C/c1cccc3c1CN(C3)C(=O)O2. The molecule has 3 aliphatic rings. The molecule has 0 unspecified atom stereocenters. The van der Waals surface area contributed by atoms with Crippen LogP contribution in [-0.4, -0.2) is 72.3 Å². The Morgan fingerprint density at radius 1 is 1.17 bits per heavy atom. The molecule has 4 bridgehead atoms. The lowest BCUT2D eigenvalue weighted by Crippen LogP contribution is -2.56. The lowest BCUT2D eigenvalue weighted by atomic mass is 10.0. The molecule has 3 aliphatic heterocycles. The molecular formula is C25H30F3N3O5. The van der Waals surface area contributed by atoms with Crippen LogP contribution in [0.4, 0.5) is 18.0 Å². The molecular weight excluding hydrogens is 479 g/mol. The Kier molecular flexibility index (Phi) is 7.87. The van der Waals surface area contributed by atoms with Gasteiger partial charge in [-0.15, -0.1) is 0 Å². The highest BCUT2D eigenvalue weighted by molar-refractivity contribution is 5.89. The first-order chi connectivity index (χ1) is 17.2. The summed E-state index contributed by atoms with van der Waals surface area (Å²) >= 11 is 0. The van der Waals surface area contributed by atoms with Gasteiger partial charge in [-0.25, -0.2) is 9.59 Å². The monoisotopic (exact) mass is 509 g/mol. The number of fused-ring (bicyclic) bond motifs is 3. The molecule has 3 atom stereocenters. The molecule has 1 aromatic carbocycles. The van der Waals surface area contributed by atoms with Crippen LogP contribution in [0.2, 0.25) is 0 Å². The number of methoxy groups -OCH3 is 1. The van der Waals surface area contributed by atoms with Gasteiger partial charge in [-0.1, -0.05) is 36.8 Å². The van der Waals surface area contributed by atoms with Crippen LogP contribution in [0.25, 0.3) is 6.08 Å². The van der Waals surface area contributed by atoms with Gasteiger partial charge in [0.1, 0.15) is 12.1 Å². The van der Waals surface area contributed by atoms with Crippen molar-refractivity contribution < 1.29 is 37.0 Å². The molecule has 4 rings (SSSR count). The van der Waals surface area contributed by atoms with Crippen molar-refractivity contribution in [1.29, 1.82) is 0 Å². The standard InChI is InChI=1S/C25H30F3N3O5/c1-35-23(33)20-12-18-14-31(20)22(32)21(25(26,27)28)29-11-6-4-2-3-5-8-16-9-7-10-17-13-30(15-19(16)17)24(34)36-18/h5,7-10,18,20-21,29H,2-4,6,11-15H2,1H3/b8-5+/t18-,20+,21-/m1/s1. The zero-order valence-corrected chi connectivity index (χ0v) is 20.1. The molecule has 0 saturated carbocycles. The number of halogens is 3. The van der Waals surface area contributed by atoms with Crippen LogP contribution < -0.4 is 5.32 Å². The first kappa shape index (κ1) is 26.0. The van der Waals surface area contributed by atoms with Crippen LogP contribution in [0.15, 0.2) is 24.3 Å². The molecule has 1 fully saturated rings. The Bertz CT molecular complexity index is 1030. The summed E-state index contributed by atoms with van der Waals surface area (Å²) in [7, 11) is 1.10. The van der Waals surface area contributed by atoms with Crippen molar-refractivity contribution in [3.8, 4) is 0 Å². The minimum atomic E-state index is -4.86. The van der Waals surface area contributed by atoms with Crippen molar-refractivity contribution >= 4 is 24.0 Å². The fourth-order valence-electron chi connectivity index (χ4n) is 4.97. The van der Waals surface area contributed by atoms with Gasteiger partial charge >= 0.3 is 18.2 Å². The summed E-state index contributed by atoms with van der Waals surface area (Å²) in [6, 6.07) is 2.12. The predicted octanol–water partition coefficient (Wildman–Crippen LogP) is 3.39. The van der Waals surface area contributed by atoms with Crippen molar-refractivity contribution in [3.63, 3.8) is 0 Å². The third-order valence-corrected chi connectivity index (χ3v) is 6.83. The fourth-order valence-corrected chi connectivity index (χ4v) is 4.97. The first-order valence-corrected chi connectivity index (χ1v) is 12.1. The number of alkyl halides is 3. The van der Waals surface area contributed by atoms with Crippen molar-refractivity contribution in [2.24, 2.45) is 0 Å². The Balaban J connectivity index is 1.59. The van der Waals surface area contributed by atoms with Crippen LogP contribution in [-0.2, 0) is 32.2 Å². The number of hydrogen-bond donors (Lipinski definition) is 1. The lowest BCUT2D eigenvalue weighted by Gasteiger charge is -2.29. The number of hydrogen-bond acceptors (Lipinski definition) is 6. The Morgan fingerprint density at radius 3 is 2.72 bits per heavy atom. The summed E-state index contributed by atoms with van der Waals surface area (Å²) in [6.07, 6.45) is 0.155. The molecule has 0 aliphatic carbocycles. The largest absolute Gasteiger partial charge is 0.467 e. The number of ether oxygens (including phenoxy) is 2. The Labute approximate surface area is 207 Å². The van der Waals surface area contributed by atoms with E-state index in [-0.39, 0.29) is 19.5 Å². The molecule has 8 nitrogen and oxygen atoms in total. The maximum Gasteiger partial charge on any atom is 0.412 e. The maximum atomic E-state index is 13.8. The van der Waals surface area contributed by atoms with Crippen LogP contribution >= 0.6 is 0 Å². The topological polar surface area (TPSA) is 88.2 Å². The minimum absolute atomic E-state index is 0.00404. The summed E-state index contributed by atoms with van der Waals surface area (Å²) < 4.78 is 51.7. The Hall–Kier alpha value is -3.08. The molecule has 0 spiro atoms. The van der Waals surface area contributed by atoms with Gasteiger partial charge < -0.3 is 14.4 Å². The maximum absolute atomic E-state index is 13.8. The number of nitrogens with one attached hydrogen (secondary N) is 1. The lowest BCUT2D eigenvalue weighted by molar-refractivity contribution is -0.178. The minimum Gasteiger partial charge on any atom is -0.467 e. The average Bonchev–Trinajstić information content (AvgIpc) is 3.46. The number of carbonyl (C=O) groups is 3. The van der Waals surface area contributed by atoms with E-state index >= 15 is 0 Å². The van der Waals surface area contributed by atoms with E-state index in [1.165, 1.54) is 4.90 Å². The molecule has 1 saturated heterocycles. The van der Waals surface area contributed by atoms with Gasteiger partial charge in [0.15, 0.2) is 6.04 Å². The second-order valence-corrected chi connectivity index (χ2v) is 9.29. The number of carbonyl (C=O) groups excluding carboxylic acids is 3. The predicted molar refractivity (Wildman–Crippen MR) is 123 cm³/mol. The zero-order chi connectivity index (χ0) is 25.9. The molecule has 196 valence electrons. The van der Waals surface area contributed by atoms with Crippen LogP contribution in [0.5, 0.6) is 0 Å². The zero-order valence-electron chi connectivity index (χ0n) is 20.1. The number of amides is 2. The molecule has 36 heavy (non-hydrogen) atoms. The van der Waals surface area contributed by atoms with Gasteiger partial charge in [-0.2, -0.15) is 13.2 Å². The van der Waals surface area contributed by atoms with Gasteiger partial charge in [0.05, 0.1) is 20.2 Å². The second kappa shape index (κ2) is 10.9. The van der Waals surface area contributed by atoms with Gasteiger partial charge in [0.2, 0.25) is 5.91 Å². The average molecular weight is 510 g/mol. The van der Waals surface area contributed by atoms with Gasteiger partial charge in [-0.3, -0.25) is 15.0 Å². The number of allylic oxidation sites excluding steroid dienone is 1. The number of esters is 1. The number of rotatable bonds is 1.